The van der Waals surface area contributed by atoms with Gasteiger partial charge in [0.2, 0.25) is 0 Å². The Morgan fingerprint density at radius 3 is 0.517 bits per heavy atom. The number of carboxylic acid groups (broad SMARTS) is 6. The quantitative estimate of drug-likeness (QED) is 0.167. The monoisotopic (exact) mass is 712 g/mol. The largest absolute Gasteiger partial charge is 0.481 e. The predicted molar refractivity (Wildman–Crippen MR) is 87.4 cm³/mol. The van der Waals surface area contributed by atoms with E-state index in [0.717, 1.165) is 0 Å². The molecule has 14 heteroatoms. The molecule has 0 aromatic carbocycles. The van der Waals surface area contributed by atoms with E-state index in [1.165, 1.54) is 0 Å². The SMILES string of the molecule is O=C(O)CCCC(=O)O.O=C(O)CCCC(=O)O.O=C(O)CCCC(=O)O.[Gd].[Gd]. The van der Waals surface area contributed by atoms with Gasteiger partial charge >= 0.3 is 35.8 Å². The van der Waals surface area contributed by atoms with Gasteiger partial charge < -0.3 is 30.6 Å². The van der Waals surface area contributed by atoms with Crippen LogP contribution in [0.4, 0.5) is 0 Å². The van der Waals surface area contributed by atoms with E-state index in [1.54, 1.807) is 0 Å². The topological polar surface area (TPSA) is 224 Å². The number of hydrogen-bond acceptors (Lipinski definition) is 6. The Labute approximate surface area is 230 Å². The number of aliphatic carboxylic acids is 6. The van der Waals surface area contributed by atoms with Crippen molar-refractivity contribution in [1.82, 2.24) is 0 Å². The van der Waals surface area contributed by atoms with Crippen molar-refractivity contribution in [1.29, 1.82) is 0 Å². The van der Waals surface area contributed by atoms with Gasteiger partial charge in [-0.3, -0.25) is 28.8 Å². The standard InChI is InChI=1S/3C5H8O4.2Gd/c3*6-4(7)2-1-3-5(8)9;;/h3*1-3H2,(H,6,7)(H,8,9);;. The van der Waals surface area contributed by atoms with Crippen molar-refractivity contribution in [2.75, 3.05) is 0 Å². The van der Waals surface area contributed by atoms with Gasteiger partial charge in [0.25, 0.3) is 0 Å². The van der Waals surface area contributed by atoms with Gasteiger partial charge in [-0.1, -0.05) is 0 Å². The molecule has 29 heavy (non-hydrogen) atoms. The first-order valence-corrected chi connectivity index (χ1v) is 7.69. The average Bonchev–Trinajstić information content (AvgIpc) is 2.46. The molecule has 0 spiro atoms. The summed E-state index contributed by atoms with van der Waals surface area (Å²) in [7, 11) is 0. The van der Waals surface area contributed by atoms with Crippen LogP contribution in [0.5, 0.6) is 0 Å². The van der Waals surface area contributed by atoms with Crippen molar-refractivity contribution >= 4 is 35.8 Å². The van der Waals surface area contributed by atoms with Crippen LogP contribution in [0.15, 0.2) is 0 Å². The molecule has 0 aliphatic rings. The van der Waals surface area contributed by atoms with Crippen molar-refractivity contribution < 1.29 is 139 Å². The molecule has 0 aromatic rings. The summed E-state index contributed by atoms with van der Waals surface area (Å²) in [5, 5.41) is 48.2. The number of hydrogen-bond donors (Lipinski definition) is 6. The van der Waals surface area contributed by atoms with E-state index >= 15 is 0 Å². The predicted octanol–water partition coefficient (Wildman–Crippen LogP) is 0.978. The molecule has 0 atom stereocenters. The third-order valence-corrected chi connectivity index (χ3v) is 2.34. The van der Waals surface area contributed by atoms with E-state index in [1.807, 2.05) is 0 Å². The summed E-state index contributed by atoms with van der Waals surface area (Å²) in [6.07, 6.45) is 0.260. The Morgan fingerprint density at radius 1 is 0.345 bits per heavy atom. The van der Waals surface area contributed by atoms with E-state index in [4.69, 9.17) is 30.6 Å². The molecule has 0 rings (SSSR count). The van der Waals surface area contributed by atoms with Crippen LogP contribution >= 0.6 is 0 Å². The van der Waals surface area contributed by atoms with E-state index in [9.17, 15) is 28.8 Å². The van der Waals surface area contributed by atoms with Crippen LogP contribution in [-0.2, 0) is 28.8 Å². The Morgan fingerprint density at radius 2 is 0.448 bits per heavy atom. The molecule has 0 unspecified atom stereocenters. The zero-order valence-corrected chi connectivity index (χ0v) is 19.7. The van der Waals surface area contributed by atoms with Gasteiger partial charge in [-0.25, -0.2) is 0 Å². The molecule has 0 bridgehead atoms. The second-order valence-electron chi connectivity index (χ2n) is 4.92. The normalized spacial score (nSPS) is 8.28. The number of carbonyl (C=O) groups is 6. The first kappa shape index (κ1) is 39.0. The van der Waals surface area contributed by atoms with Crippen LogP contribution < -0.4 is 0 Å². The second kappa shape index (κ2) is 27.5. The summed E-state index contributed by atoms with van der Waals surface area (Å²) in [6.45, 7) is 0. The molecular formula is C15H24Gd2O12. The van der Waals surface area contributed by atoms with Crippen LogP contribution in [0, 0.1) is 79.9 Å². The van der Waals surface area contributed by atoms with Gasteiger partial charge in [0, 0.05) is 118 Å². The molecule has 0 amide bonds. The third-order valence-electron chi connectivity index (χ3n) is 2.34. The van der Waals surface area contributed by atoms with Crippen LogP contribution in [0.3, 0.4) is 0 Å². The molecule has 6 N–H and O–H groups in total. The smallest absolute Gasteiger partial charge is 0.303 e. The Bertz CT molecular complexity index is 394. The minimum absolute atomic E-state index is 0. The molecule has 0 aliphatic heterocycles. The molecule has 172 valence electrons. The summed E-state index contributed by atoms with van der Waals surface area (Å²) in [6, 6.07) is 0. The van der Waals surface area contributed by atoms with Gasteiger partial charge in [-0.05, 0) is 19.3 Å². The molecule has 0 aromatic heterocycles. The minimum Gasteiger partial charge on any atom is -0.481 e. The van der Waals surface area contributed by atoms with Crippen molar-refractivity contribution in [2.45, 2.75) is 57.8 Å². The molecule has 0 saturated carbocycles. The van der Waals surface area contributed by atoms with Gasteiger partial charge in [0.15, 0.2) is 0 Å². The van der Waals surface area contributed by atoms with Crippen molar-refractivity contribution in [2.24, 2.45) is 0 Å². The van der Waals surface area contributed by atoms with Crippen LogP contribution in [0.1, 0.15) is 57.8 Å². The van der Waals surface area contributed by atoms with Gasteiger partial charge in [-0.15, -0.1) is 0 Å². The van der Waals surface area contributed by atoms with Gasteiger partial charge in [0.1, 0.15) is 0 Å². The molecular weight excluding hydrogens is 687 g/mol. The maximum atomic E-state index is 9.79. The molecule has 0 fully saturated rings. The Hall–Kier alpha value is -0.531. The summed E-state index contributed by atoms with van der Waals surface area (Å²) in [5.41, 5.74) is 0. The van der Waals surface area contributed by atoms with E-state index in [-0.39, 0.29) is 138 Å². The van der Waals surface area contributed by atoms with Crippen LogP contribution in [0.25, 0.3) is 0 Å². The minimum atomic E-state index is -0.948. The molecule has 0 radical (unpaired) electrons. The fourth-order valence-corrected chi connectivity index (χ4v) is 1.17. The second-order valence-corrected chi connectivity index (χ2v) is 4.92. The van der Waals surface area contributed by atoms with Crippen molar-refractivity contribution in [3.05, 3.63) is 0 Å². The van der Waals surface area contributed by atoms with Gasteiger partial charge in [0.05, 0.1) is 0 Å². The molecule has 12 nitrogen and oxygen atoms in total. The van der Waals surface area contributed by atoms with E-state index < -0.39 is 35.8 Å². The zero-order valence-electron chi connectivity index (χ0n) is 15.2. The maximum absolute atomic E-state index is 9.79. The molecule has 0 aliphatic carbocycles. The van der Waals surface area contributed by atoms with Crippen LogP contribution in [0.2, 0.25) is 0 Å². The first-order valence-electron chi connectivity index (χ1n) is 7.69. The van der Waals surface area contributed by atoms with E-state index in [2.05, 4.69) is 0 Å². The zero-order chi connectivity index (χ0) is 21.8. The fourth-order valence-electron chi connectivity index (χ4n) is 1.17. The Balaban J connectivity index is -0.0000000960. The Kier molecular flexibility index (Phi) is 36.9. The molecule has 0 heterocycles. The number of carboxylic acids is 6. The average molecular weight is 711 g/mol. The van der Waals surface area contributed by atoms with Crippen molar-refractivity contribution in [3.8, 4) is 0 Å². The van der Waals surface area contributed by atoms with E-state index in [0.29, 0.717) is 0 Å². The summed E-state index contributed by atoms with van der Waals surface area (Å²) in [5.74, 6) is -5.69. The summed E-state index contributed by atoms with van der Waals surface area (Å²) in [4.78, 5) is 58.7. The van der Waals surface area contributed by atoms with Crippen molar-refractivity contribution in [3.63, 3.8) is 0 Å². The van der Waals surface area contributed by atoms with Crippen LogP contribution in [-0.4, -0.2) is 66.5 Å². The molecule has 0 saturated heterocycles. The number of rotatable bonds is 12. The fraction of sp³-hybridized carbons (Fsp3) is 0.600. The summed E-state index contributed by atoms with van der Waals surface area (Å²) >= 11 is 0. The first-order chi connectivity index (χ1) is 12.4. The maximum Gasteiger partial charge on any atom is 0.303 e. The van der Waals surface area contributed by atoms with Gasteiger partial charge in [-0.2, -0.15) is 0 Å². The summed E-state index contributed by atoms with van der Waals surface area (Å²) < 4.78 is 0. The third kappa shape index (κ3) is 58.4.